The van der Waals surface area contributed by atoms with Crippen molar-refractivity contribution >= 4 is 0 Å². The highest BCUT2D eigenvalue weighted by atomic mass is 14.1. The third kappa shape index (κ3) is 3.87. The van der Waals surface area contributed by atoms with Crippen LogP contribution >= 0.6 is 0 Å². The van der Waals surface area contributed by atoms with Gasteiger partial charge in [0.1, 0.15) is 0 Å². The van der Waals surface area contributed by atoms with E-state index >= 15 is 0 Å². The lowest BCUT2D eigenvalue weighted by molar-refractivity contribution is 0.654. The Morgan fingerprint density at radius 3 is 2.28 bits per heavy atom. The molecule has 0 spiro atoms. The number of unbranched alkanes of at least 4 members (excludes halogenated alkanes) is 3. The Balaban J connectivity index is 1.80. The summed E-state index contributed by atoms with van der Waals surface area (Å²) in [5.41, 5.74) is 1.38. The van der Waals surface area contributed by atoms with E-state index in [0.717, 1.165) is 0 Å². The highest BCUT2D eigenvalue weighted by molar-refractivity contribution is 5.38. The molecule has 2 rings (SSSR count). The average Bonchev–Trinajstić information content (AvgIpc) is 2.45. The molecule has 1 aliphatic carbocycles. The Morgan fingerprint density at radius 1 is 0.889 bits per heavy atom. The van der Waals surface area contributed by atoms with Gasteiger partial charge in [0.05, 0.1) is 0 Å². The Bertz CT molecular complexity index is 372. The molecule has 0 saturated heterocycles. The van der Waals surface area contributed by atoms with E-state index in [9.17, 15) is 0 Å². The molecule has 0 heteroatoms. The summed E-state index contributed by atoms with van der Waals surface area (Å²) in [6.07, 6.45) is 15.9. The monoisotopic (exact) mass is 239 g/mol. The average molecular weight is 239 g/mol. The molecule has 0 saturated carbocycles. The maximum atomic E-state index is 2.32. The number of benzene rings is 1. The fraction of sp³-hybridized carbons (Fsp3) is 0.389. The van der Waals surface area contributed by atoms with E-state index in [2.05, 4.69) is 61.6 Å². The van der Waals surface area contributed by atoms with Crippen molar-refractivity contribution in [3.8, 4) is 0 Å². The first-order valence-electron chi connectivity index (χ1n) is 7.17. The minimum absolute atomic E-state index is 0.464. The zero-order valence-electron chi connectivity index (χ0n) is 11.3. The first kappa shape index (κ1) is 13.1. The van der Waals surface area contributed by atoms with Crippen LogP contribution in [0.2, 0.25) is 0 Å². The van der Waals surface area contributed by atoms with Crippen LogP contribution in [0.1, 0.15) is 50.5 Å². The maximum absolute atomic E-state index is 2.32. The minimum Gasteiger partial charge on any atom is -0.0765 e. The van der Waals surface area contributed by atoms with Crippen LogP contribution in [-0.2, 0) is 0 Å². The van der Waals surface area contributed by atoms with Gasteiger partial charge in [-0.3, -0.25) is 0 Å². The smallest absolute Gasteiger partial charge is 0.0199 e. The molecule has 0 heterocycles. The van der Waals surface area contributed by atoms with E-state index in [-0.39, 0.29) is 0 Å². The van der Waals surface area contributed by atoms with E-state index in [1.54, 1.807) is 0 Å². The van der Waals surface area contributed by atoms with Crippen LogP contribution in [-0.4, -0.2) is 0 Å². The van der Waals surface area contributed by atoms with Crippen molar-refractivity contribution in [3.63, 3.8) is 0 Å². The summed E-state index contributed by atoms with van der Waals surface area (Å²) in [6, 6.07) is 10.7. The van der Waals surface area contributed by atoms with Crippen molar-refractivity contribution in [3.05, 3.63) is 66.1 Å². The van der Waals surface area contributed by atoms with E-state index in [1.807, 2.05) is 0 Å². The van der Waals surface area contributed by atoms with Crippen molar-refractivity contribution in [2.45, 2.75) is 44.9 Å². The number of allylic oxidation sites excluding steroid dienone is 4. The molecule has 1 aromatic rings. The number of hydrogen-bond donors (Lipinski definition) is 0. The van der Waals surface area contributed by atoms with Crippen molar-refractivity contribution in [2.75, 3.05) is 0 Å². The van der Waals surface area contributed by atoms with Crippen LogP contribution in [0.3, 0.4) is 0 Å². The zero-order chi connectivity index (χ0) is 12.6. The van der Waals surface area contributed by atoms with Crippen molar-refractivity contribution in [2.24, 2.45) is 0 Å². The molecular formula is C18H23. The van der Waals surface area contributed by atoms with Crippen LogP contribution in [0.5, 0.6) is 0 Å². The standard InChI is InChI=1S/C18H23/c1-2-3-4-6-9-16-12-14-18(15-13-16)17-10-7-5-8-11-17/h5,7-8,10-15,18H,2-4,6,9H2,1H3. The van der Waals surface area contributed by atoms with Crippen LogP contribution in [0, 0.1) is 5.92 Å². The van der Waals surface area contributed by atoms with E-state index in [0.29, 0.717) is 5.92 Å². The highest BCUT2D eigenvalue weighted by Crippen LogP contribution is 2.27. The molecule has 0 bridgehead atoms. The Hall–Kier alpha value is -1.30. The van der Waals surface area contributed by atoms with Crippen LogP contribution in [0.15, 0.2) is 54.6 Å². The van der Waals surface area contributed by atoms with Gasteiger partial charge in [-0.05, 0) is 12.0 Å². The summed E-state index contributed by atoms with van der Waals surface area (Å²) in [5.74, 6) is 1.95. The van der Waals surface area contributed by atoms with Crippen LogP contribution in [0.25, 0.3) is 0 Å². The quantitative estimate of drug-likeness (QED) is 0.580. The molecule has 1 radical (unpaired) electrons. The Morgan fingerprint density at radius 2 is 1.61 bits per heavy atom. The third-order valence-electron chi connectivity index (χ3n) is 3.54. The third-order valence-corrected chi connectivity index (χ3v) is 3.54. The zero-order valence-corrected chi connectivity index (χ0v) is 11.3. The molecule has 18 heavy (non-hydrogen) atoms. The molecule has 1 aromatic carbocycles. The van der Waals surface area contributed by atoms with Gasteiger partial charge < -0.3 is 0 Å². The van der Waals surface area contributed by atoms with E-state index in [4.69, 9.17) is 0 Å². The summed E-state index contributed by atoms with van der Waals surface area (Å²) in [5, 5.41) is 0. The Labute approximate surface area is 111 Å². The fourth-order valence-electron chi connectivity index (χ4n) is 2.39. The van der Waals surface area contributed by atoms with Gasteiger partial charge in [-0.2, -0.15) is 0 Å². The second-order valence-corrected chi connectivity index (χ2v) is 5.04. The molecule has 1 aliphatic rings. The molecule has 0 N–H and O–H groups in total. The fourth-order valence-corrected chi connectivity index (χ4v) is 2.39. The van der Waals surface area contributed by atoms with E-state index < -0.39 is 0 Å². The molecule has 0 unspecified atom stereocenters. The second-order valence-electron chi connectivity index (χ2n) is 5.04. The molecule has 0 nitrogen and oxygen atoms in total. The van der Waals surface area contributed by atoms with Crippen LogP contribution in [0.4, 0.5) is 0 Å². The van der Waals surface area contributed by atoms with Gasteiger partial charge in [0.2, 0.25) is 0 Å². The summed E-state index contributed by atoms with van der Waals surface area (Å²) in [7, 11) is 0. The molecule has 0 amide bonds. The maximum Gasteiger partial charge on any atom is 0.0199 e. The summed E-state index contributed by atoms with van der Waals surface area (Å²) in [6.45, 7) is 2.26. The SMILES string of the molecule is CCCCCC[C]1C=CC(c2ccccc2)C=C1. The molecule has 0 aliphatic heterocycles. The predicted molar refractivity (Wildman–Crippen MR) is 79.5 cm³/mol. The van der Waals surface area contributed by atoms with Crippen LogP contribution < -0.4 is 0 Å². The van der Waals surface area contributed by atoms with Gasteiger partial charge in [0.25, 0.3) is 0 Å². The molecule has 0 aromatic heterocycles. The van der Waals surface area contributed by atoms with Crippen molar-refractivity contribution in [1.29, 1.82) is 0 Å². The first-order valence-corrected chi connectivity index (χ1v) is 7.17. The number of hydrogen-bond acceptors (Lipinski definition) is 0. The summed E-state index contributed by atoms with van der Waals surface area (Å²) < 4.78 is 0. The molecule has 95 valence electrons. The summed E-state index contributed by atoms with van der Waals surface area (Å²) >= 11 is 0. The lowest BCUT2D eigenvalue weighted by atomic mass is 9.88. The van der Waals surface area contributed by atoms with E-state index in [1.165, 1.54) is 43.6 Å². The largest absolute Gasteiger partial charge is 0.0765 e. The highest BCUT2D eigenvalue weighted by Gasteiger charge is 2.11. The Kier molecular flexibility index (Phi) is 5.26. The lowest BCUT2D eigenvalue weighted by Gasteiger charge is -2.16. The topological polar surface area (TPSA) is 0 Å². The lowest BCUT2D eigenvalue weighted by Crippen LogP contribution is -1.99. The summed E-state index contributed by atoms with van der Waals surface area (Å²) in [4.78, 5) is 0. The number of rotatable bonds is 6. The van der Waals surface area contributed by atoms with Gasteiger partial charge in [-0.15, -0.1) is 0 Å². The normalized spacial score (nSPS) is 16.3. The molecule has 0 atom stereocenters. The van der Waals surface area contributed by atoms with Gasteiger partial charge >= 0.3 is 0 Å². The van der Waals surface area contributed by atoms with Crippen molar-refractivity contribution in [1.82, 2.24) is 0 Å². The van der Waals surface area contributed by atoms with Gasteiger partial charge in [0.15, 0.2) is 0 Å². The minimum atomic E-state index is 0.464. The first-order chi connectivity index (χ1) is 8.90. The second kappa shape index (κ2) is 7.20. The molecular weight excluding hydrogens is 216 g/mol. The molecule has 0 fully saturated rings. The van der Waals surface area contributed by atoms with Gasteiger partial charge in [-0.1, -0.05) is 87.2 Å². The van der Waals surface area contributed by atoms with Gasteiger partial charge in [0, 0.05) is 11.8 Å². The van der Waals surface area contributed by atoms with Crippen molar-refractivity contribution < 1.29 is 0 Å². The van der Waals surface area contributed by atoms with Gasteiger partial charge in [-0.25, -0.2) is 0 Å². The predicted octanol–water partition coefficient (Wildman–Crippen LogP) is 5.44.